The molecular formula is C10H19F4NO. The van der Waals surface area contributed by atoms with Gasteiger partial charge in [0.1, 0.15) is 6.61 Å². The fourth-order valence-corrected chi connectivity index (χ4v) is 1.24. The van der Waals surface area contributed by atoms with E-state index in [1.165, 1.54) is 0 Å². The van der Waals surface area contributed by atoms with Gasteiger partial charge in [-0.3, -0.25) is 0 Å². The smallest absolute Gasteiger partial charge is 0.330 e. The first-order valence-electron chi connectivity index (χ1n) is 5.20. The first-order chi connectivity index (χ1) is 7.29. The summed E-state index contributed by atoms with van der Waals surface area (Å²) < 4.78 is 53.1. The van der Waals surface area contributed by atoms with Gasteiger partial charge in [0.2, 0.25) is 0 Å². The van der Waals surface area contributed by atoms with Crippen molar-refractivity contribution >= 4 is 0 Å². The van der Waals surface area contributed by atoms with Gasteiger partial charge in [0, 0.05) is 6.04 Å². The fourth-order valence-electron chi connectivity index (χ4n) is 1.24. The van der Waals surface area contributed by atoms with Gasteiger partial charge in [0.05, 0.1) is 6.61 Å². The molecule has 0 radical (unpaired) electrons. The minimum absolute atomic E-state index is 0.0109. The second kappa shape index (κ2) is 7.06. The molecule has 1 atom stereocenters. The summed E-state index contributed by atoms with van der Waals surface area (Å²) in [4.78, 5) is 0. The van der Waals surface area contributed by atoms with Crippen molar-refractivity contribution in [3.05, 3.63) is 0 Å². The Morgan fingerprint density at radius 1 is 1.25 bits per heavy atom. The van der Waals surface area contributed by atoms with Crippen molar-refractivity contribution in [2.75, 3.05) is 20.3 Å². The molecule has 6 heteroatoms. The number of alkyl halides is 4. The molecule has 0 aliphatic carbocycles. The highest BCUT2D eigenvalue weighted by Gasteiger charge is 2.41. The van der Waals surface area contributed by atoms with Crippen molar-refractivity contribution in [3.8, 4) is 0 Å². The molecule has 0 aromatic heterocycles. The Labute approximate surface area is 93.3 Å². The number of likely N-dealkylation sites (N-methyl/N-ethyl adjacent to an activating group) is 1. The first-order valence-corrected chi connectivity index (χ1v) is 5.20. The molecule has 0 bridgehead atoms. The minimum Gasteiger partial charge on any atom is -0.373 e. The van der Waals surface area contributed by atoms with Crippen LogP contribution in [0.15, 0.2) is 0 Å². The van der Waals surface area contributed by atoms with Crippen molar-refractivity contribution < 1.29 is 22.3 Å². The molecule has 0 aromatic carbocycles. The Morgan fingerprint density at radius 3 is 2.19 bits per heavy atom. The zero-order chi connectivity index (χ0) is 12.8. The van der Waals surface area contributed by atoms with E-state index in [1.807, 2.05) is 13.8 Å². The molecule has 2 nitrogen and oxygen atoms in total. The highest BCUT2D eigenvalue weighted by molar-refractivity contribution is 4.70. The molecule has 0 saturated heterocycles. The van der Waals surface area contributed by atoms with Crippen LogP contribution in [0, 0.1) is 5.92 Å². The molecule has 0 aliphatic heterocycles. The molecule has 0 aliphatic rings. The van der Waals surface area contributed by atoms with Crippen LogP contribution in [0.1, 0.15) is 20.3 Å². The lowest BCUT2D eigenvalue weighted by Gasteiger charge is -2.20. The lowest BCUT2D eigenvalue weighted by Crippen LogP contribution is -2.37. The van der Waals surface area contributed by atoms with E-state index in [9.17, 15) is 17.6 Å². The van der Waals surface area contributed by atoms with Gasteiger partial charge in [0.15, 0.2) is 0 Å². The van der Waals surface area contributed by atoms with E-state index in [1.54, 1.807) is 7.05 Å². The van der Waals surface area contributed by atoms with Gasteiger partial charge in [-0.05, 0) is 19.4 Å². The molecule has 0 heterocycles. The van der Waals surface area contributed by atoms with E-state index in [-0.39, 0.29) is 12.6 Å². The Kier molecular flexibility index (Phi) is 6.90. The Hall–Kier alpha value is -0.360. The largest absolute Gasteiger partial charge is 0.373 e. The topological polar surface area (TPSA) is 21.3 Å². The van der Waals surface area contributed by atoms with E-state index in [2.05, 4.69) is 10.1 Å². The van der Waals surface area contributed by atoms with Crippen LogP contribution in [0.2, 0.25) is 0 Å². The summed E-state index contributed by atoms with van der Waals surface area (Å²) in [5.74, 6) is -3.67. The van der Waals surface area contributed by atoms with Crippen LogP contribution in [0.4, 0.5) is 17.6 Å². The normalized spacial score (nSPS) is 14.8. The van der Waals surface area contributed by atoms with Crippen LogP contribution < -0.4 is 5.32 Å². The third kappa shape index (κ3) is 6.27. The van der Waals surface area contributed by atoms with Gasteiger partial charge in [-0.1, -0.05) is 13.8 Å². The number of nitrogens with one attached hydrogen (secondary N) is 1. The van der Waals surface area contributed by atoms with E-state index < -0.39 is 19.0 Å². The number of ether oxygens (including phenoxy) is 1. The highest BCUT2D eigenvalue weighted by Crippen LogP contribution is 2.22. The van der Waals surface area contributed by atoms with Crippen molar-refractivity contribution in [1.82, 2.24) is 5.32 Å². The third-order valence-electron chi connectivity index (χ3n) is 2.10. The van der Waals surface area contributed by atoms with Crippen LogP contribution in [0.3, 0.4) is 0 Å². The summed E-state index contributed by atoms with van der Waals surface area (Å²) in [5, 5.41) is 2.89. The summed E-state index contributed by atoms with van der Waals surface area (Å²) in [6.07, 6.45) is -2.93. The average Bonchev–Trinajstić information content (AvgIpc) is 2.15. The molecule has 98 valence electrons. The predicted octanol–water partition coefficient (Wildman–Crippen LogP) is 2.54. The van der Waals surface area contributed by atoms with Crippen LogP contribution in [-0.4, -0.2) is 38.7 Å². The number of hydrogen-bond donors (Lipinski definition) is 1. The first kappa shape index (κ1) is 15.6. The SMILES string of the molecule is CNC(COCC(F)(F)C(F)F)CC(C)C. The van der Waals surface area contributed by atoms with Crippen LogP contribution in [0.5, 0.6) is 0 Å². The second-order valence-corrected chi connectivity index (χ2v) is 4.19. The molecule has 1 N–H and O–H groups in total. The maximum atomic E-state index is 12.5. The van der Waals surface area contributed by atoms with Crippen LogP contribution >= 0.6 is 0 Å². The standard InChI is InChI=1S/C10H19F4NO/c1-7(2)4-8(15-3)5-16-6-10(13,14)9(11)12/h7-9,15H,4-6H2,1-3H3. The van der Waals surface area contributed by atoms with Gasteiger partial charge in [0.25, 0.3) is 0 Å². The zero-order valence-corrected chi connectivity index (χ0v) is 9.77. The summed E-state index contributed by atoms with van der Waals surface area (Å²) in [5.41, 5.74) is 0. The molecule has 0 spiro atoms. The maximum absolute atomic E-state index is 12.5. The van der Waals surface area contributed by atoms with Gasteiger partial charge >= 0.3 is 12.3 Å². The zero-order valence-electron chi connectivity index (χ0n) is 9.77. The molecule has 0 amide bonds. The Balaban J connectivity index is 3.86. The Morgan fingerprint density at radius 2 is 1.81 bits per heavy atom. The van der Waals surface area contributed by atoms with Crippen molar-refractivity contribution in [2.24, 2.45) is 5.92 Å². The van der Waals surface area contributed by atoms with E-state index in [0.717, 1.165) is 6.42 Å². The lowest BCUT2D eigenvalue weighted by molar-refractivity contribution is -0.167. The molecule has 0 fully saturated rings. The minimum atomic E-state index is -4.06. The van der Waals surface area contributed by atoms with Gasteiger partial charge < -0.3 is 10.1 Å². The number of hydrogen-bond acceptors (Lipinski definition) is 2. The highest BCUT2D eigenvalue weighted by atomic mass is 19.3. The van der Waals surface area contributed by atoms with Gasteiger partial charge in [-0.2, -0.15) is 8.78 Å². The third-order valence-corrected chi connectivity index (χ3v) is 2.10. The Bertz CT molecular complexity index is 188. The summed E-state index contributed by atoms with van der Waals surface area (Å²) in [6, 6.07) is -0.0894. The van der Waals surface area contributed by atoms with Crippen LogP contribution in [-0.2, 0) is 4.74 Å². The van der Waals surface area contributed by atoms with Crippen molar-refractivity contribution in [1.29, 1.82) is 0 Å². The molecule has 16 heavy (non-hydrogen) atoms. The fraction of sp³-hybridized carbons (Fsp3) is 1.00. The maximum Gasteiger partial charge on any atom is 0.330 e. The second-order valence-electron chi connectivity index (χ2n) is 4.19. The van der Waals surface area contributed by atoms with E-state index >= 15 is 0 Å². The van der Waals surface area contributed by atoms with Crippen LogP contribution in [0.25, 0.3) is 0 Å². The summed E-state index contributed by atoms with van der Waals surface area (Å²) in [7, 11) is 1.68. The average molecular weight is 245 g/mol. The molecule has 0 aromatic rings. The van der Waals surface area contributed by atoms with Gasteiger partial charge in [-0.25, -0.2) is 8.78 Å². The molecule has 0 rings (SSSR count). The molecule has 0 saturated carbocycles. The van der Waals surface area contributed by atoms with E-state index in [4.69, 9.17) is 0 Å². The van der Waals surface area contributed by atoms with Gasteiger partial charge in [-0.15, -0.1) is 0 Å². The summed E-state index contributed by atoms with van der Waals surface area (Å²) >= 11 is 0. The molecular weight excluding hydrogens is 226 g/mol. The van der Waals surface area contributed by atoms with E-state index in [0.29, 0.717) is 5.92 Å². The predicted molar refractivity (Wildman–Crippen MR) is 54.1 cm³/mol. The van der Waals surface area contributed by atoms with Crippen molar-refractivity contribution in [2.45, 2.75) is 38.7 Å². The quantitative estimate of drug-likeness (QED) is 0.663. The van der Waals surface area contributed by atoms with Crippen molar-refractivity contribution in [3.63, 3.8) is 0 Å². The number of rotatable bonds is 8. The monoisotopic (exact) mass is 245 g/mol. The summed E-state index contributed by atoms with van der Waals surface area (Å²) in [6.45, 7) is 2.74. The molecule has 1 unspecified atom stereocenters. The number of halogens is 4. The lowest BCUT2D eigenvalue weighted by atomic mass is 10.0.